The summed E-state index contributed by atoms with van der Waals surface area (Å²) in [5.41, 5.74) is 18.0. The van der Waals surface area contributed by atoms with E-state index in [0.29, 0.717) is 5.69 Å². The number of aryl methyl sites for hydroxylation is 3. The predicted octanol–water partition coefficient (Wildman–Crippen LogP) is 12.9. The van der Waals surface area contributed by atoms with Crippen LogP contribution < -0.4 is 4.90 Å². The Bertz CT molecular complexity index is 2220. The summed E-state index contributed by atoms with van der Waals surface area (Å²) < 4.78 is 0. The Hall–Kier alpha value is -5.39. The van der Waals surface area contributed by atoms with Gasteiger partial charge in [-0.25, -0.2) is 4.85 Å². The zero-order valence-electron chi connectivity index (χ0n) is 28.8. The van der Waals surface area contributed by atoms with Crippen LogP contribution >= 0.6 is 0 Å². The second-order valence-corrected chi connectivity index (χ2v) is 13.7. The zero-order chi connectivity index (χ0) is 33.5. The second-order valence-electron chi connectivity index (χ2n) is 13.7. The van der Waals surface area contributed by atoms with Gasteiger partial charge in [-0.3, -0.25) is 0 Å². The third-order valence-corrected chi connectivity index (χ3v) is 10.5. The van der Waals surface area contributed by atoms with Crippen LogP contribution in [0.25, 0.3) is 27.1 Å². The van der Waals surface area contributed by atoms with Crippen molar-refractivity contribution >= 4 is 22.7 Å². The molecule has 49 heavy (non-hydrogen) atoms. The first-order valence-electron chi connectivity index (χ1n) is 18.0. The van der Waals surface area contributed by atoms with Gasteiger partial charge in [0.25, 0.3) is 0 Å². The molecule has 0 saturated carbocycles. The lowest BCUT2D eigenvalue weighted by molar-refractivity contribution is 0.794. The molecule has 0 aliphatic heterocycles. The number of hydrogen-bond donors (Lipinski definition) is 0. The maximum Gasteiger partial charge on any atom is 0.187 e. The van der Waals surface area contributed by atoms with Gasteiger partial charge in [0.1, 0.15) is 0 Å². The van der Waals surface area contributed by atoms with Crippen molar-refractivity contribution in [1.82, 2.24) is 0 Å². The molecular formula is C47H42N2. The molecule has 0 bridgehead atoms. The molecule has 1 atom stereocenters. The molecule has 240 valence electrons. The fourth-order valence-corrected chi connectivity index (χ4v) is 8.65. The van der Waals surface area contributed by atoms with Gasteiger partial charge in [-0.2, -0.15) is 0 Å². The van der Waals surface area contributed by atoms with Crippen molar-refractivity contribution in [3.63, 3.8) is 0 Å². The normalized spacial score (nSPS) is 15.0. The zero-order valence-corrected chi connectivity index (χ0v) is 28.8. The average Bonchev–Trinajstić information content (AvgIpc) is 3.59. The van der Waals surface area contributed by atoms with E-state index in [1.165, 1.54) is 72.6 Å². The molecule has 0 saturated heterocycles. The number of nitrogens with zero attached hydrogens (tertiary/aromatic N) is 2. The van der Waals surface area contributed by atoms with Crippen LogP contribution in [0.2, 0.25) is 0 Å². The first kappa shape index (κ1) is 30.9. The molecule has 1 spiro atoms. The Labute approximate surface area is 291 Å². The summed E-state index contributed by atoms with van der Waals surface area (Å²) in [5.74, 6) is 0. The summed E-state index contributed by atoms with van der Waals surface area (Å²) >= 11 is 0. The molecule has 1 unspecified atom stereocenters. The van der Waals surface area contributed by atoms with Crippen molar-refractivity contribution in [3.05, 3.63) is 178 Å². The Morgan fingerprint density at radius 3 is 1.63 bits per heavy atom. The number of benzene rings is 6. The quantitative estimate of drug-likeness (QED) is 0.143. The number of hydrogen-bond acceptors (Lipinski definition) is 1. The monoisotopic (exact) mass is 634 g/mol. The molecule has 0 amide bonds. The SMILES string of the molecule is [C-]#[N+]c1ccc2c(c1)C1(c3ccccc3-2)c2ccccc2-c2ccc(N(c3cccc(CCC)c3)c3cc(CCC)cc(CCC)c3)cc21. The van der Waals surface area contributed by atoms with Crippen LogP contribution in [-0.2, 0) is 24.7 Å². The largest absolute Gasteiger partial charge is 0.310 e. The molecule has 2 nitrogen and oxygen atoms in total. The van der Waals surface area contributed by atoms with Gasteiger partial charge in [-0.05, 0) is 117 Å². The van der Waals surface area contributed by atoms with Gasteiger partial charge in [0.05, 0.1) is 12.0 Å². The summed E-state index contributed by atoms with van der Waals surface area (Å²) in [7, 11) is 0. The van der Waals surface area contributed by atoms with Gasteiger partial charge in [0.15, 0.2) is 5.69 Å². The van der Waals surface area contributed by atoms with Gasteiger partial charge < -0.3 is 4.90 Å². The van der Waals surface area contributed by atoms with E-state index in [4.69, 9.17) is 6.57 Å². The van der Waals surface area contributed by atoms with E-state index >= 15 is 0 Å². The smallest absolute Gasteiger partial charge is 0.187 e. The van der Waals surface area contributed by atoms with E-state index in [-0.39, 0.29) is 0 Å². The molecule has 0 radical (unpaired) electrons. The van der Waals surface area contributed by atoms with Gasteiger partial charge >= 0.3 is 0 Å². The van der Waals surface area contributed by atoms with Crippen LogP contribution in [0, 0.1) is 6.57 Å². The van der Waals surface area contributed by atoms with E-state index in [2.05, 4.69) is 152 Å². The third-order valence-electron chi connectivity index (χ3n) is 10.5. The minimum absolute atomic E-state index is 0.512. The number of rotatable bonds is 9. The highest BCUT2D eigenvalue weighted by atomic mass is 15.1. The van der Waals surface area contributed by atoms with E-state index in [0.717, 1.165) is 44.2 Å². The standard InChI is InChI=1S/C47H42N2/c1-5-13-32-16-12-17-36(27-32)49(38-28-33(14-6-2)26-34(29-38)15-7-3)37-23-25-42-40-19-9-11-21-44(40)47(46(42)31-37)43-20-10-8-18-39(43)41-24-22-35(48-4)30-45(41)47/h8-12,16-31H,5-7,13-15H2,1-3H3. The molecule has 0 aromatic heterocycles. The van der Waals surface area contributed by atoms with Crippen LogP contribution in [0.15, 0.2) is 127 Å². The molecule has 0 fully saturated rings. The summed E-state index contributed by atoms with van der Waals surface area (Å²) in [6.45, 7) is 14.8. The molecule has 2 aliphatic rings. The molecular weight excluding hydrogens is 593 g/mol. The lowest BCUT2D eigenvalue weighted by Crippen LogP contribution is -2.26. The highest BCUT2D eigenvalue weighted by molar-refractivity contribution is 5.97. The van der Waals surface area contributed by atoms with E-state index in [1.54, 1.807) is 0 Å². The van der Waals surface area contributed by atoms with Crippen molar-refractivity contribution in [2.24, 2.45) is 0 Å². The third kappa shape index (κ3) is 4.91. The van der Waals surface area contributed by atoms with Gasteiger partial charge in [-0.1, -0.05) is 131 Å². The average molecular weight is 635 g/mol. The van der Waals surface area contributed by atoms with E-state index < -0.39 is 5.41 Å². The Balaban J connectivity index is 1.42. The summed E-state index contributed by atoms with van der Waals surface area (Å²) in [4.78, 5) is 6.41. The minimum Gasteiger partial charge on any atom is -0.310 e. The molecule has 0 heterocycles. The van der Waals surface area contributed by atoms with Crippen molar-refractivity contribution in [1.29, 1.82) is 0 Å². The van der Waals surface area contributed by atoms with Crippen molar-refractivity contribution < 1.29 is 0 Å². The van der Waals surface area contributed by atoms with Gasteiger partial charge in [0.2, 0.25) is 0 Å². The van der Waals surface area contributed by atoms with Gasteiger partial charge in [0, 0.05) is 17.1 Å². The molecule has 2 heteroatoms. The lowest BCUT2D eigenvalue weighted by Gasteiger charge is -2.32. The van der Waals surface area contributed by atoms with Gasteiger partial charge in [-0.15, -0.1) is 0 Å². The number of fused-ring (bicyclic) bond motifs is 10. The summed E-state index contributed by atoms with van der Waals surface area (Å²) in [5, 5.41) is 0. The first-order chi connectivity index (χ1) is 24.1. The van der Waals surface area contributed by atoms with Crippen LogP contribution in [0.1, 0.15) is 79.0 Å². The van der Waals surface area contributed by atoms with E-state index in [1.807, 2.05) is 6.07 Å². The van der Waals surface area contributed by atoms with Crippen LogP contribution in [0.5, 0.6) is 0 Å². The first-order valence-corrected chi connectivity index (χ1v) is 18.0. The maximum atomic E-state index is 7.96. The maximum absolute atomic E-state index is 7.96. The molecule has 0 N–H and O–H groups in total. The summed E-state index contributed by atoms with van der Waals surface area (Å²) in [6.07, 6.45) is 6.53. The fourth-order valence-electron chi connectivity index (χ4n) is 8.65. The van der Waals surface area contributed by atoms with Crippen LogP contribution in [0.4, 0.5) is 22.7 Å². The highest BCUT2D eigenvalue weighted by Crippen LogP contribution is 2.63. The predicted molar refractivity (Wildman–Crippen MR) is 206 cm³/mol. The topological polar surface area (TPSA) is 7.60 Å². The highest BCUT2D eigenvalue weighted by Gasteiger charge is 2.51. The Morgan fingerprint density at radius 1 is 0.469 bits per heavy atom. The molecule has 2 aliphatic carbocycles. The summed E-state index contributed by atoms with van der Waals surface area (Å²) in [6, 6.07) is 47.6. The Morgan fingerprint density at radius 2 is 1.00 bits per heavy atom. The fraction of sp³-hybridized carbons (Fsp3) is 0.213. The van der Waals surface area contributed by atoms with Crippen molar-refractivity contribution in [2.75, 3.05) is 4.90 Å². The molecule has 6 aromatic rings. The lowest BCUT2D eigenvalue weighted by atomic mass is 9.70. The van der Waals surface area contributed by atoms with Crippen molar-refractivity contribution in [2.45, 2.75) is 64.7 Å². The number of anilines is 3. The van der Waals surface area contributed by atoms with Crippen LogP contribution in [-0.4, -0.2) is 0 Å². The van der Waals surface area contributed by atoms with Crippen LogP contribution in [0.3, 0.4) is 0 Å². The molecule has 8 rings (SSSR count). The Kier molecular flexibility index (Phi) is 7.93. The minimum atomic E-state index is -0.512. The second kappa shape index (κ2) is 12.6. The van der Waals surface area contributed by atoms with E-state index in [9.17, 15) is 0 Å². The van der Waals surface area contributed by atoms with Crippen molar-refractivity contribution in [3.8, 4) is 22.3 Å². The molecule has 6 aromatic carbocycles.